The number of aromatic nitrogens is 3. The Kier molecular flexibility index (Phi) is 4.48. The smallest absolute Gasteiger partial charge is 0.119 e. The molecule has 4 rings (SSSR count). The van der Waals surface area contributed by atoms with Crippen LogP contribution in [-0.4, -0.2) is 21.6 Å². The van der Waals surface area contributed by atoms with Crippen molar-refractivity contribution in [3.63, 3.8) is 0 Å². The number of rotatable bonds is 6. The lowest BCUT2D eigenvalue weighted by Crippen LogP contribution is -2.15. The average molecular weight is 349 g/mol. The minimum absolute atomic E-state index is 0.120. The molecule has 5 heteroatoms. The molecule has 0 N–H and O–H groups in total. The van der Waals surface area contributed by atoms with Crippen LogP contribution in [-0.2, 0) is 0 Å². The molecule has 126 valence electrons. The summed E-state index contributed by atoms with van der Waals surface area (Å²) in [7, 11) is 0. The molecule has 0 bridgehead atoms. The number of para-hydroxylation sites is 2. The van der Waals surface area contributed by atoms with E-state index in [2.05, 4.69) is 35.4 Å². The van der Waals surface area contributed by atoms with Gasteiger partial charge in [0.25, 0.3) is 0 Å². The first-order valence-corrected chi connectivity index (χ1v) is 9.17. The number of hydrogen-bond acceptors (Lipinski definition) is 4. The van der Waals surface area contributed by atoms with Gasteiger partial charge in [-0.25, -0.2) is 4.68 Å². The van der Waals surface area contributed by atoms with Crippen LogP contribution in [0.4, 0.5) is 0 Å². The summed E-state index contributed by atoms with van der Waals surface area (Å²) in [5, 5.41) is 8.74. The van der Waals surface area contributed by atoms with Gasteiger partial charge in [0.2, 0.25) is 0 Å². The largest absolute Gasteiger partial charge is 0.494 e. The first-order chi connectivity index (χ1) is 12.3. The fourth-order valence-electron chi connectivity index (χ4n) is 2.94. The molecule has 0 fully saturated rings. The third-order valence-corrected chi connectivity index (χ3v) is 5.27. The molecule has 0 saturated carbocycles. The zero-order chi connectivity index (χ0) is 17.1. The van der Waals surface area contributed by atoms with Crippen molar-refractivity contribution >= 4 is 22.4 Å². The minimum Gasteiger partial charge on any atom is -0.494 e. The van der Waals surface area contributed by atoms with Gasteiger partial charge in [0.15, 0.2) is 0 Å². The molecule has 0 spiro atoms. The zero-order valence-electron chi connectivity index (χ0n) is 14.0. The standard InChI is InChI=1S/C20H19N3OS/c1-15-11-12-20(25-15)19(13-14-24-16-7-3-2-4-8-16)23-18-10-6-5-9-17(18)21-22-23/h2-12,19H,13-14H2,1H3. The van der Waals surface area contributed by atoms with E-state index < -0.39 is 0 Å². The molecule has 1 unspecified atom stereocenters. The lowest BCUT2D eigenvalue weighted by atomic mass is 10.1. The van der Waals surface area contributed by atoms with Crippen molar-refractivity contribution in [2.75, 3.05) is 6.61 Å². The van der Waals surface area contributed by atoms with Crippen LogP contribution in [0, 0.1) is 6.92 Å². The van der Waals surface area contributed by atoms with Crippen molar-refractivity contribution < 1.29 is 4.74 Å². The topological polar surface area (TPSA) is 39.9 Å². The van der Waals surface area contributed by atoms with Gasteiger partial charge in [-0.15, -0.1) is 16.4 Å². The minimum atomic E-state index is 0.120. The Hall–Kier alpha value is -2.66. The van der Waals surface area contributed by atoms with Crippen molar-refractivity contribution in [3.8, 4) is 5.75 Å². The van der Waals surface area contributed by atoms with E-state index in [9.17, 15) is 0 Å². The van der Waals surface area contributed by atoms with Crippen molar-refractivity contribution in [1.29, 1.82) is 0 Å². The van der Waals surface area contributed by atoms with E-state index in [4.69, 9.17) is 4.74 Å². The SMILES string of the molecule is Cc1ccc(C(CCOc2ccccc2)n2nnc3ccccc32)s1. The molecule has 2 heterocycles. The second kappa shape index (κ2) is 7.07. The van der Waals surface area contributed by atoms with E-state index in [1.165, 1.54) is 9.75 Å². The Balaban J connectivity index is 1.60. The fraction of sp³-hybridized carbons (Fsp3) is 0.200. The Bertz CT molecular complexity index is 961. The van der Waals surface area contributed by atoms with Crippen LogP contribution in [0.25, 0.3) is 11.0 Å². The van der Waals surface area contributed by atoms with Gasteiger partial charge in [0.05, 0.1) is 18.2 Å². The third-order valence-electron chi connectivity index (χ3n) is 4.17. The van der Waals surface area contributed by atoms with Gasteiger partial charge >= 0.3 is 0 Å². The van der Waals surface area contributed by atoms with E-state index in [-0.39, 0.29) is 6.04 Å². The highest BCUT2D eigenvalue weighted by atomic mass is 32.1. The normalized spacial score (nSPS) is 12.4. The maximum absolute atomic E-state index is 5.92. The van der Waals surface area contributed by atoms with E-state index in [1.54, 1.807) is 11.3 Å². The van der Waals surface area contributed by atoms with Crippen molar-refractivity contribution in [1.82, 2.24) is 15.0 Å². The van der Waals surface area contributed by atoms with Gasteiger partial charge in [-0.05, 0) is 43.3 Å². The summed E-state index contributed by atoms with van der Waals surface area (Å²) in [6.45, 7) is 2.75. The molecular weight excluding hydrogens is 330 g/mol. The monoisotopic (exact) mass is 349 g/mol. The molecule has 4 nitrogen and oxygen atoms in total. The van der Waals surface area contributed by atoms with E-state index in [0.717, 1.165) is 23.2 Å². The van der Waals surface area contributed by atoms with E-state index in [0.29, 0.717) is 6.61 Å². The second-order valence-electron chi connectivity index (χ2n) is 5.94. The van der Waals surface area contributed by atoms with Crippen molar-refractivity contribution in [2.45, 2.75) is 19.4 Å². The quantitative estimate of drug-likeness (QED) is 0.499. The molecule has 0 radical (unpaired) electrons. The summed E-state index contributed by atoms with van der Waals surface area (Å²) >= 11 is 1.80. The van der Waals surface area contributed by atoms with Crippen LogP contribution in [0.15, 0.2) is 66.7 Å². The summed E-state index contributed by atoms with van der Waals surface area (Å²) in [4.78, 5) is 2.58. The Morgan fingerprint density at radius 3 is 2.60 bits per heavy atom. The number of aryl methyl sites for hydroxylation is 1. The maximum Gasteiger partial charge on any atom is 0.119 e. The summed E-state index contributed by atoms with van der Waals surface area (Å²) in [6, 6.07) is 22.5. The molecule has 1 atom stereocenters. The summed E-state index contributed by atoms with van der Waals surface area (Å²) in [6.07, 6.45) is 0.836. The first kappa shape index (κ1) is 15.8. The lowest BCUT2D eigenvalue weighted by molar-refractivity contribution is 0.286. The number of benzene rings is 2. The predicted octanol–water partition coefficient (Wildman–Crippen LogP) is 4.86. The Morgan fingerprint density at radius 1 is 1.00 bits per heavy atom. The molecule has 4 aromatic rings. The van der Waals surface area contributed by atoms with Gasteiger partial charge in [-0.1, -0.05) is 35.5 Å². The van der Waals surface area contributed by atoms with Gasteiger partial charge < -0.3 is 4.74 Å². The zero-order valence-corrected chi connectivity index (χ0v) is 14.8. The summed E-state index contributed by atoms with van der Waals surface area (Å²) in [5.41, 5.74) is 1.98. The van der Waals surface area contributed by atoms with Gasteiger partial charge in [-0.2, -0.15) is 0 Å². The highest BCUT2D eigenvalue weighted by Gasteiger charge is 2.19. The molecule has 0 saturated heterocycles. The Labute approximate surface area is 150 Å². The van der Waals surface area contributed by atoms with Crippen LogP contribution >= 0.6 is 11.3 Å². The summed E-state index contributed by atoms with van der Waals surface area (Å²) < 4.78 is 7.94. The van der Waals surface area contributed by atoms with Gasteiger partial charge in [0, 0.05) is 16.2 Å². The molecule has 0 aliphatic rings. The molecule has 0 aliphatic heterocycles. The molecule has 0 aliphatic carbocycles. The van der Waals surface area contributed by atoms with Gasteiger partial charge in [-0.3, -0.25) is 0 Å². The number of fused-ring (bicyclic) bond motifs is 1. The fourth-order valence-corrected chi connectivity index (χ4v) is 3.94. The molecule has 0 amide bonds. The van der Waals surface area contributed by atoms with Crippen LogP contribution in [0.5, 0.6) is 5.75 Å². The number of ether oxygens (including phenoxy) is 1. The Morgan fingerprint density at radius 2 is 1.80 bits per heavy atom. The van der Waals surface area contributed by atoms with E-state index >= 15 is 0 Å². The number of hydrogen-bond donors (Lipinski definition) is 0. The highest BCUT2D eigenvalue weighted by molar-refractivity contribution is 7.12. The van der Waals surface area contributed by atoms with Crippen LogP contribution in [0.2, 0.25) is 0 Å². The number of nitrogens with zero attached hydrogens (tertiary/aromatic N) is 3. The molecular formula is C20H19N3OS. The number of thiophene rings is 1. The lowest BCUT2D eigenvalue weighted by Gasteiger charge is -2.17. The molecule has 2 aromatic carbocycles. The first-order valence-electron chi connectivity index (χ1n) is 8.35. The van der Waals surface area contributed by atoms with Crippen LogP contribution in [0.3, 0.4) is 0 Å². The molecule has 25 heavy (non-hydrogen) atoms. The summed E-state index contributed by atoms with van der Waals surface area (Å²) in [5.74, 6) is 0.895. The average Bonchev–Trinajstić information content (AvgIpc) is 3.26. The van der Waals surface area contributed by atoms with Gasteiger partial charge in [0.1, 0.15) is 11.3 Å². The molecule has 2 aromatic heterocycles. The predicted molar refractivity (Wildman–Crippen MR) is 101 cm³/mol. The highest BCUT2D eigenvalue weighted by Crippen LogP contribution is 2.30. The van der Waals surface area contributed by atoms with Crippen LogP contribution in [0.1, 0.15) is 22.2 Å². The van der Waals surface area contributed by atoms with Crippen molar-refractivity contribution in [3.05, 3.63) is 76.5 Å². The second-order valence-corrected chi connectivity index (χ2v) is 7.26. The third kappa shape index (κ3) is 3.42. The van der Waals surface area contributed by atoms with Crippen molar-refractivity contribution in [2.24, 2.45) is 0 Å². The maximum atomic E-state index is 5.92. The van der Waals surface area contributed by atoms with Crippen LogP contribution < -0.4 is 4.74 Å². The van der Waals surface area contributed by atoms with E-state index in [1.807, 2.05) is 53.2 Å².